The SMILES string of the molecule is C=CC(=O)Cc1cccc(-c2nc(Cl)ncc2Cl)c1.C=CC(=O)Cc1cccc(-c2nc(Nc3cccc(N4CCOCC4)c3)ncc2Cl)c1.C=CC(=O)Cc1cccc(B(O)O)c1.Clc1ncc(Cl)c(Cl)n1.Nc1cccc(N2CCOCC2)c1. The van der Waals surface area contributed by atoms with E-state index in [-0.39, 0.29) is 39.5 Å². The summed E-state index contributed by atoms with van der Waals surface area (Å²) in [4.78, 5) is 62.7. The summed E-state index contributed by atoms with van der Waals surface area (Å²) in [6, 6.07) is 37.8. The highest BCUT2D eigenvalue weighted by atomic mass is 35.5. The van der Waals surface area contributed by atoms with Gasteiger partial charge in [-0.2, -0.15) is 0 Å². The molecule has 0 aliphatic carbocycles. The summed E-state index contributed by atoms with van der Waals surface area (Å²) in [5.41, 5.74) is 15.4. The van der Waals surface area contributed by atoms with Crippen molar-refractivity contribution in [1.29, 1.82) is 0 Å². The molecule has 0 saturated carbocycles. The third-order valence-corrected chi connectivity index (χ3v) is 13.9. The van der Waals surface area contributed by atoms with E-state index in [9.17, 15) is 14.4 Å². The van der Waals surface area contributed by atoms with Crippen molar-refractivity contribution in [2.75, 3.05) is 73.5 Å². The molecule has 0 atom stereocenters. The van der Waals surface area contributed by atoms with Crippen molar-refractivity contribution in [2.24, 2.45) is 0 Å². The van der Waals surface area contributed by atoms with Gasteiger partial charge in [-0.15, -0.1) is 0 Å². The van der Waals surface area contributed by atoms with Gasteiger partial charge in [-0.05, 0) is 112 Å². The molecule has 0 unspecified atom stereocenters. The van der Waals surface area contributed by atoms with Crippen LogP contribution in [0.15, 0.2) is 178 Å². The number of carbonyl (C=O) groups excluding carboxylic acids is 3. The minimum absolute atomic E-state index is 0.0339. The monoisotopic (exact) mass is 1280 g/mol. The highest BCUT2D eigenvalue weighted by Crippen LogP contribution is 2.30. The average Bonchev–Trinajstić information content (AvgIpc) is 3.23. The number of aromatic nitrogens is 6. The van der Waals surface area contributed by atoms with E-state index >= 15 is 0 Å². The van der Waals surface area contributed by atoms with Crippen molar-refractivity contribution in [3.05, 3.63) is 225 Å². The lowest BCUT2D eigenvalue weighted by molar-refractivity contribution is -0.114. The largest absolute Gasteiger partial charge is 0.488 e. The van der Waals surface area contributed by atoms with Gasteiger partial charge in [-0.25, -0.2) is 29.9 Å². The van der Waals surface area contributed by atoms with Crippen LogP contribution in [0.2, 0.25) is 30.8 Å². The number of ether oxygens (including phenoxy) is 2. The number of hydrogen-bond acceptors (Lipinski definition) is 17. The van der Waals surface area contributed by atoms with Gasteiger partial charge in [-0.1, -0.05) is 139 Å². The number of carbonyl (C=O) groups is 3. The van der Waals surface area contributed by atoms with Gasteiger partial charge in [0.1, 0.15) is 0 Å². The number of halogens is 6. The first-order chi connectivity index (χ1) is 41.4. The molecule has 2 aliphatic heterocycles. The maximum Gasteiger partial charge on any atom is 0.488 e. The van der Waals surface area contributed by atoms with Gasteiger partial charge in [0.15, 0.2) is 22.5 Å². The number of hydrogen-bond donors (Lipinski definition) is 4. The number of benzene rings is 5. The topological polar surface area (TPSA) is 232 Å². The van der Waals surface area contributed by atoms with Gasteiger partial charge in [-0.3, -0.25) is 14.4 Å². The number of nitrogens with two attached hydrogens (primary N) is 1. The van der Waals surface area contributed by atoms with Crippen LogP contribution >= 0.6 is 69.6 Å². The normalized spacial score (nSPS) is 12.4. The molecule has 5 aromatic carbocycles. The molecule has 8 aromatic rings. The quantitative estimate of drug-likeness (QED) is 0.0232. The molecule has 86 heavy (non-hydrogen) atoms. The molecular formula is C62H59BCl6N10O7. The Morgan fingerprint density at radius 1 is 0.547 bits per heavy atom. The van der Waals surface area contributed by atoms with Crippen molar-refractivity contribution >= 4 is 128 Å². The van der Waals surface area contributed by atoms with E-state index in [1.54, 1.807) is 30.5 Å². The first-order valence-corrected chi connectivity index (χ1v) is 28.7. The van der Waals surface area contributed by atoms with Crippen molar-refractivity contribution in [3.63, 3.8) is 0 Å². The predicted molar refractivity (Wildman–Crippen MR) is 347 cm³/mol. The Kier molecular flexibility index (Phi) is 27.6. The van der Waals surface area contributed by atoms with Crippen LogP contribution in [0, 0.1) is 0 Å². The van der Waals surface area contributed by atoms with E-state index in [1.165, 1.54) is 36.3 Å². The fraction of sp³-hybridized carbons (Fsp3) is 0.177. The van der Waals surface area contributed by atoms with Crippen LogP contribution < -0.4 is 26.3 Å². The molecule has 444 valence electrons. The summed E-state index contributed by atoms with van der Waals surface area (Å²) < 4.78 is 10.7. The van der Waals surface area contributed by atoms with E-state index in [0.29, 0.717) is 50.7 Å². The summed E-state index contributed by atoms with van der Waals surface area (Å²) in [6.07, 6.45) is 9.10. The minimum atomic E-state index is -1.49. The molecule has 17 nitrogen and oxygen atoms in total. The molecule has 2 fully saturated rings. The lowest BCUT2D eigenvalue weighted by Gasteiger charge is -2.29. The van der Waals surface area contributed by atoms with Gasteiger partial charge in [0.2, 0.25) is 16.5 Å². The van der Waals surface area contributed by atoms with Gasteiger partial charge in [0.05, 0.1) is 71.5 Å². The summed E-state index contributed by atoms with van der Waals surface area (Å²) in [5.74, 6) is 0.290. The fourth-order valence-electron chi connectivity index (χ4n) is 8.12. The van der Waals surface area contributed by atoms with Crippen LogP contribution in [0.1, 0.15) is 16.7 Å². The Bertz CT molecular complexity index is 3610. The number of morpholine rings is 2. The zero-order valence-electron chi connectivity index (χ0n) is 46.3. The predicted octanol–water partition coefficient (Wildman–Crippen LogP) is 11.6. The second-order valence-corrected chi connectivity index (χ2v) is 20.8. The van der Waals surface area contributed by atoms with Gasteiger partial charge in [0.25, 0.3) is 0 Å². The molecule has 0 bridgehead atoms. The maximum atomic E-state index is 11.7. The van der Waals surface area contributed by atoms with Gasteiger partial charge < -0.3 is 40.4 Å². The third-order valence-electron chi connectivity index (χ3n) is 12.3. The molecule has 5 N–H and O–H groups in total. The molecule has 2 aliphatic rings. The van der Waals surface area contributed by atoms with E-state index in [4.69, 9.17) is 94.9 Å². The molecule has 24 heteroatoms. The Labute approximate surface area is 529 Å². The molecule has 10 rings (SSSR count). The van der Waals surface area contributed by atoms with Crippen LogP contribution in [-0.4, -0.2) is 117 Å². The highest BCUT2D eigenvalue weighted by Gasteiger charge is 2.16. The Morgan fingerprint density at radius 2 is 0.988 bits per heavy atom. The molecule has 0 spiro atoms. The molecule has 3 aromatic heterocycles. The zero-order valence-corrected chi connectivity index (χ0v) is 50.9. The third kappa shape index (κ3) is 22.4. The number of rotatable bonds is 16. The van der Waals surface area contributed by atoms with Gasteiger partial charge >= 0.3 is 7.12 Å². The molecule has 5 heterocycles. The fourth-order valence-corrected chi connectivity index (χ4v) is 9.05. The number of anilines is 5. The molecule has 2 saturated heterocycles. The Balaban J connectivity index is 0.000000185. The zero-order chi connectivity index (χ0) is 62.0. The number of ketones is 3. The Morgan fingerprint density at radius 3 is 1.48 bits per heavy atom. The standard InChI is InChI=1S/C24H23ClN4O2.C14H10Cl2N2O.C10H11BO3.C10H14N2O.C4HCl3N2/c1-2-21(30)14-17-5-3-6-18(13-17)23-22(25)16-26-24(28-23)27-19-7-4-8-20(15-19)29-9-11-31-12-10-29;1-2-11(19)7-9-4-3-5-10(6-9)13-12(15)8-17-14(16)18-13;1-2-10(12)7-8-4-3-5-9(6-8)11(13)14;11-9-2-1-3-10(8-9)12-4-6-13-7-5-12;5-2-1-8-4(7)9-3(2)6/h2-8,13,15-16H,1,9-12,14H2,(H,26,27,28);2-6,8H,1,7H2;2-6,13-14H,1,7H2;1-3,8H,4-7,11H2;1H. The molecule has 0 radical (unpaired) electrons. The summed E-state index contributed by atoms with van der Waals surface area (Å²) in [5, 5.41) is 22.6. The van der Waals surface area contributed by atoms with Crippen molar-refractivity contribution in [3.8, 4) is 22.5 Å². The summed E-state index contributed by atoms with van der Waals surface area (Å²) in [7, 11) is -1.49. The lowest BCUT2D eigenvalue weighted by Crippen LogP contribution is -2.36. The van der Waals surface area contributed by atoms with E-state index in [2.05, 4.69) is 83.0 Å². The van der Waals surface area contributed by atoms with Crippen LogP contribution in [0.4, 0.5) is 28.7 Å². The van der Waals surface area contributed by atoms with Gasteiger partial charge in [0, 0.05) is 79.3 Å². The Hall–Kier alpha value is -7.59. The van der Waals surface area contributed by atoms with Crippen LogP contribution in [0.25, 0.3) is 22.5 Å². The highest BCUT2D eigenvalue weighted by molar-refractivity contribution is 6.58. The summed E-state index contributed by atoms with van der Waals surface area (Å²) in [6.45, 7) is 17.1. The number of allylic oxidation sites excluding steroid dienone is 3. The number of nitrogens with zero attached hydrogens (tertiary/aromatic N) is 8. The van der Waals surface area contributed by atoms with E-state index < -0.39 is 7.12 Å². The second-order valence-electron chi connectivity index (χ2n) is 18.5. The first-order valence-electron chi connectivity index (χ1n) is 26.4. The molecular weight excluding hydrogens is 1220 g/mol. The number of nitrogen functional groups attached to an aromatic ring is 1. The van der Waals surface area contributed by atoms with Crippen molar-refractivity contribution < 1.29 is 33.9 Å². The van der Waals surface area contributed by atoms with Crippen molar-refractivity contribution in [1.82, 2.24) is 29.9 Å². The smallest absolute Gasteiger partial charge is 0.423 e. The second kappa shape index (κ2) is 35.1. The van der Waals surface area contributed by atoms with Crippen LogP contribution in [0.5, 0.6) is 0 Å². The maximum absolute atomic E-state index is 11.7. The number of nitrogens with one attached hydrogen (secondary N) is 1. The van der Waals surface area contributed by atoms with E-state index in [1.807, 2.05) is 78.9 Å². The van der Waals surface area contributed by atoms with Crippen LogP contribution in [0.3, 0.4) is 0 Å². The van der Waals surface area contributed by atoms with Crippen molar-refractivity contribution in [2.45, 2.75) is 19.3 Å². The van der Waals surface area contributed by atoms with E-state index in [0.717, 1.165) is 97.5 Å². The average molecular weight is 1280 g/mol. The molecule has 0 amide bonds. The lowest BCUT2D eigenvalue weighted by atomic mass is 9.79. The summed E-state index contributed by atoms with van der Waals surface area (Å²) >= 11 is 34.5. The first kappa shape index (κ1) is 67.5. The minimum Gasteiger partial charge on any atom is -0.423 e. The van der Waals surface area contributed by atoms with Crippen LogP contribution in [-0.2, 0) is 43.1 Å².